The highest BCUT2D eigenvalue weighted by molar-refractivity contribution is 8.00. The van der Waals surface area contributed by atoms with Crippen molar-refractivity contribution in [3.63, 3.8) is 0 Å². The van der Waals surface area contributed by atoms with E-state index in [1.165, 1.54) is 0 Å². The first-order valence-electron chi connectivity index (χ1n) is 9.97. The van der Waals surface area contributed by atoms with Crippen LogP contribution in [0.2, 0.25) is 0 Å². The van der Waals surface area contributed by atoms with Gasteiger partial charge in [0.15, 0.2) is 0 Å². The molecule has 2 aliphatic heterocycles. The van der Waals surface area contributed by atoms with Crippen LogP contribution in [0.4, 0.5) is 11.4 Å². The average molecular weight is 473 g/mol. The fraction of sp³-hybridized carbons (Fsp3) is 0. The summed E-state index contributed by atoms with van der Waals surface area (Å²) in [5.41, 5.74) is 3.57. The Balaban J connectivity index is 0.000000135. The van der Waals surface area contributed by atoms with Crippen LogP contribution in [0.15, 0.2) is 122 Å². The van der Waals surface area contributed by atoms with Gasteiger partial charge in [-0.3, -0.25) is 4.79 Å². The number of benzene rings is 4. The fourth-order valence-electron chi connectivity index (χ4n) is 3.36. The summed E-state index contributed by atoms with van der Waals surface area (Å²) in [4.78, 5) is 20.8. The predicted molar refractivity (Wildman–Crippen MR) is 134 cm³/mol. The van der Waals surface area contributed by atoms with Crippen LogP contribution in [-0.4, -0.2) is 11.1 Å². The highest BCUT2D eigenvalue weighted by Gasteiger charge is 2.18. The molecule has 0 saturated heterocycles. The minimum atomic E-state index is -0.0342. The number of anilines is 1. The summed E-state index contributed by atoms with van der Waals surface area (Å²) < 4.78 is 0. The lowest BCUT2D eigenvalue weighted by molar-refractivity contribution is 0.102. The van der Waals surface area contributed by atoms with Crippen LogP contribution in [0.3, 0.4) is 0 Å². The van der Waals surface area contributed by atoms with E-state index in [0.29, 0.717) is 5.17 Å². The van der Waals surface area contributed by atoms with Crippen molar-refractivity contribution in [3.05, 3.63) is 108 Å². The van der Waals surface area contributed by atoms with Gasteiger partial charge in [0.1, 0.15) is 5.17 Å². The van der Waals surface area contributed by atoms with Gasteiger partial charge in [0, 0.05) is 25.1 Å². The molecule has 4 aromatic rings. The molecule has 2 heterocycles. The van der Waals surface area contributed by atoms with Crippen molar-refractivity contribution in [1.82, 2.24) is 0 Å². The molecule has 2 aliphatic rings. The lowest BCUT2D eigenvalue weighted by Crippen LogP contribution is -2.11. The summed E-state index contributed by atoms with van der Waals surface area (Å²) in [7, 11) is 0. The number of nitrogens with one attached hydrogen (secondary N) is 1. The summed E-state index contributed by atoms with van der Waals surface area (Å²) in [6.45, 7) is 0. The van der Waals surface area contributed by atoms with Crippen molar-refractivity contribution in [1.29, 1.82) is 0 Å². The Kier molecular flexibility index (Phi) is 6.04. The molecule has 0 fully saturated rings. The number of para-hydroxylation sites is 2. The van der Waals surface area contributed by atoms with Crippen LogP contribution >= 0.6 is 35.1 Å². The second-order valence-electron chi connectivity index (χ2n) is 7.02. The number of carbonyl (C=O) groups excluding carboxylic acids is 1. The number of nitrogens with zero attached hydrogens (tertiary/aromatic N) is 1. The van der Waals surface area contributed by atoms with E-state index in [0.717, 1.165) is 42.1 Å². The van der Waals surface area contributed by atoms with Gasteiger partial charge in [-0.1, -0.05) is 89.7 Å². The first-order valence-corrected chi connectivity index (χ1v) is 12.0. The zero-order valence-electron chi connectivity index (χ0n) is 16.8. The molecule has 156 valence electrons. The second kappa shape index (κ2) is 9.25. The Hall–Kier alpha value is -2.99. The maximum absolute atomic E-state index is 11.9. The van der Waals surface area contributed by atoms with Crippen LogP contribution in [-0.2, 0) is 0 Å². The third-order valence-corrected chi connectivity index (χ3v) is 7.48. The molecule has 4 aromatic carbocycles. The monoisotopic (exact) mass is 472 g/mol. The molecule has 0 saturated carbocycles. The summed E-state index contributed by atoms with van der Waals surface area (Å²) in [5.74, 6) is -0.0342. The van der Waals surface area contributed by atoms with Gasteiger partial charge in [0.2, 0.25) is 0 Å². The van der Waals surface area contributed by atoms with Crippen LogP contribution in [0, 0.1) is 0 Å². The maximum atomic E-state index is 11.9. The lowest BCUT2D eigenvalue weighted by atomic mass is 10.2. The van der Waals surface area contributed by atoms with Crippen molar-refractivity contribution < 1.29 is 4.79 Å². The van der Waals surface area contributed by atoms with Crippen molar-refractivity contribution >= 4 is 57.6 Å². The molecule has 6 heteroatoms. The summed E-state index contributed by atoms with van der Waals surface area (Å²) in [6.07, 6.45) is 0. The lowest BCUT2D eigenvalue weighted by Gasteiger charge is -2.03. The van der Waals surface area contributed by atoms with Gasteiger partial charge >= 0.3 is 0 Å². The number of hydrogen-bond donors (Lipinski definition) is 1. The number of amides is 1. The van der Waals surface area contributed by atoms with E-state index in [9.17, 15) is 4.79 Å². The number of carbonyl (C=O) groups is 1. The number of hydrogen-bond acceptors (Lipinski definition) is 4. The number of fused-ring (bicyclic) bond motifs is 4. The molecule has 0 unspecified atom stereocenters. The minimum absolute atomic E-state index is 0.0342. The largest absolute Gasteiger partial charge is 0.321 e. The molecule has 1 N–H and O–H groups in total. The van der Waals surface area contributed by atoms with E-state index >= 15 is 0 Å². The van der Waals surface area contributed by atoms with Crippen LogP contribution in [0.5, 0.6) is 0 Å². The van der Waals surface area contributed by atoms with Crippen molar-refractivity contribution in [2.75, 3.05) is 5.32 Å². The molecule has 1 amide bonds. The van der Waals surface area contributed by atoms with Gasteiger partial charge < -0.3 is 5.32 Å². The third-order valence-electron chi connectivity index (χ3n) is 4.90. The summed E-state index contributed by atoms with van der Waals surface area (Å²) in [5, 5.41) is 3.48. The highest BCUT2D eigenvalue weighted by atomic mass is 35.5. The Morgan fingerprint density at radius 3 is 1.94 bits per heavy atom. The standard InChI is InChI=1S/C13H8ClNS.C13H9NOS/c14-13-9-5-1-3-7-11(9)16-12-8-4-2-6-10(12)15-13;15-13-9-5-1-3-7-11(9)16-12-8-4-2-6-10(12)14-13/h1-8H;1-8H,(H,14,15). The van der Waals surface area contributed by atoms with Crippen molar-refractivity contribution in [3.8, 4) is 0 Å². The minimum Gasteiger partial charge on any atom is -0.321 e. The van der Waals surface area contributed by atoms with Gasteiger partial charge in [-0.2, -0.15) is 0 Å². The zero-order valence-corrected chi connectivity index (χ0v) is 19.2. The Morgan fingerprint density at radius 1 is 0.625 bits per heavy atom. The normalized spacial score (nSPS) is 13.4. The molecule has 0 aliphatic carbocycles. The van der Waals surface area contributed by atoms with Crippen LogP contribution in [0.25, 0.3) is 0 Å². The van der Waals surface area contributed by atoms with Gasteiger partial charge in [-0.15, -0.1) is 0 Å². The predicted octanol–water partition coefficient (Wildman–Crippen LogP) is 7.87. The van der Waals surface area contributed by atoms with E-state index < -0.39 is 0 Å². The van der Waals surface area contributed by atoms with Crippen LogP contribution in [0.1, 0.15) is 15.9 Å². The summed E-state index contributed by atoms with van der Waals surface area (Å²) in [6, 6.07) is 31.6. The summed E-state index contributed by atoms with van der Waals surface area (Å²) >= 11 is 9.55. The van der Waals surface area contributed by atoms with Gasteiger partial charge in [-0.25, -0.2) is 4.99 Å². The number of rotatable bonds is 0. The zero-order chi connectivity index (χ0) is 21.9. The van der Waals surface area contributed by atoms with E-state index in [1.54, 1.807) is 23.5 Å². The van der Waals surface area contributed by atoms with Crippen molar-refractivity contribution in [2.45, 2.75) is 19.6 Å². The third kappa shape index (κ3) is 4.32. The maximum Gasteiger partial charge on any atom is 0.256 e. The van der Waals surface area contributed by atoms with Gasteiger partial charge in [0.25, 0.3) is 5.91 Å². The van der Waals surface area contributed by atoms with Gasteiger partial charge in [0.05, 0.1) is 16.9 Å². The fourth-order valence-corrected chi connectivity index (χ4v) is 5.72. The first kappa shape index (κ1) is 20.9. The first-order chi connectivity index (χ1) is 15.7. The number of aliphatic imine (C=N–C) groups is 1. The molecule has 0 aromatic heterocycles. The second-order valence-corrected chi connectivity index (χ2v) is 9.54. The molecular formula is C26H17ClN2OS2. The average Bonchev–Trinajstić information content (AvgIpc) is 3.06. The molecule has 0 bridgehead atoms. The van der Waals surface area contributed by atoms with E-state index in [2.05, 4.69) is 22.4 Å². The molecule has 0 spiro atoms. The molecular weight excluding hydrogens is 456 g/mol. The van der Waals surface area contributed by atoms with E-state index in [-0.39, 0.29) is 5.91 Å². The SMILES string of the molecule is ClC1=Nc2ccccc2Sc2ccccc21.O=C1Nc2ccccc2Sc2ccccc21. The Labute approximate surface area is 199 Å². The molecule has 0 radical (unpaired) electrons. The van der Waals surface area contributed by atoms with E-state index in [1.807, 2.05) is 84.9 Å². The van der Waals surface area contributed by atoms with E-state index in [4.69, 9.17) is 11.6 Å². The Morgan fingerprint density at radius 2 is 1.16 bits per heavy atom. The highest BCUT2D eigenvalue weighted by Crippen LogP contribution is 2.40. The quantitative estimate of drug-likeness (QED) is 0.283. The van der Waals surface area contributed by atoms with Crippen LogP contribution < -0.4 is 5.32 Å². The molecule has 6 rings (SSSR count). The molecule has 3 nitrogen and oxygen atoms in total. The number of halogens is 1. The van der Waals surface area contributed by atoms with Gasteiger partial charge in [-0.05, 0) is 42.5 Å². The molecule has 0 atom stereocenters. The Bertz CT molecular complexity index is 1350. The smallest absolute Gasteiger partial charge is 0.256 e. The topological polar surface area (TPSA) is 41.5 Å². The molecule has 32 heavy (non-hydrogen) atoms. The van der Waals surface area contributed by atoms with Crippen molar-refractivity contribution in [2.24, 2.45) is 4.99 Å².